The number of carbonyl (C=O) groups excluding carboxylic acids is 1. The molecule has 0 saturated heterocycles. The highest BCUT2D eigenvalue weighted by Gasteiger charge is 2.16. The molecule has 176 valence electrons. The third-order valence-corrected chi connectivity index (χ3v) is 6.86. The molecule has 0 fully saturated rings. The van der Waals surface area contributed by atoms with Crippen LogP contribution in [0.5, 0.6) is 11.5 Å². The Balaban J connectivity index is 1.47. The Morgan fingerprint density at radius 2 is 1.89 bits per heavy atom. The Morgan fingerprint density at radius 1 is 1.09 bits per heavy atom. The number of nitrogens with zero attached hydrogens (tertiary/aromatic N) is 1. The molecule has 0 radical (unpaired) electrons. The van der Waals surface area contributed by atoms with Gasteiger partial charge in [-0.3, -0.25) is 10.1 Å². The zero-order valence-corrected chi connectivity index (χ0v) is 20.7. The van der Waals surface area contributed by atoms with E-state index < -0.39 is 0 Å². The predicted octanol–water partition coefficient (Wildman–Crippen LogP) is 7.08. The monoisotopic (exact) mass is 484 g/mol. The lowest BCUT2D eigenvalue weighted by Gasteiger charge is -2.10. The third-order valence-electron chi connectivity index (χ3n) is 5.92. The summed E-state index contributed by atoms with van der Waals surface area (Å²) in [5.41, 5.74) is 6.23. The fraction of sp³-hybridized carbons (Fsp3) is 0.143. The number of carbonyl (C=O) groups is 1. The number of benzene rings is 3. The minimum Gasteiger partial charge on any atom is -0.497 e. The minimum atomic E-state index is -0.246. The van der Waals surface area contributed by atoms with Gasteiger partial charge < -0.3 is 13.9 Å². The number of furan rings is 1. The minimum absolute atomic E-state index is 0.246. The molecule has 0 aliphatic rings. The van der Waals surface area contributed by atoms with Crippen molar-refractivity contribution in [3.63, 3.8) is 0 Å². The van der Waals surface area contributed by atoms with Gasteiger partial charge in [-0.25, -0.2) is 4.98 Å². The van der Waals surface area contributed by atoms with Crippen molar-refractivity contribution in [3.05, 3.63) is 78.1 Å². The largest absolute Gasteiger partial charge is 0.497 e. The van der Waals surface area contributed by atoms with Gasteiger partial charge in [-0.15, -0.1) is 0 Å². The second-order valence-electron chi connectivity index (χ2n) is 8.18. The number of amides is 1. The predicted molar refractivity (Wildman–Crippen MR) is 141 cm³/mol. The second-order valence-corrected chi connectivity index (χ2v) is 9.21. The smallest absolute Gasteiger partial charge is 0.250 e. The molecule has 0 atom stereocenters. The molecule has 2 heterocycles. The highest BCUT2D eigenvalue weighted by molar-refractivity contribution is 7.22. The number of allylic oxidation sites excluding steroid dienone is 1. The van der Waals surface area contributed by atoms with E-state index in [-0.39, 0.29) is 5.91 Å². The summed E-state index contributed by atoms with van der Waals surface area (Å²) in [5.74, 6) is 1.17. The molecule has 5 rings (SSSR count). The van der Waals surface area contributed by atoms with Crippen LogP contribution in [0.4, 0.5) is 5.13 Å². The first-order valence-corrected chi connectivity index (χ1v) is 11.9. The Bertz CT molecular complexity index is 1580. The quantitative estimate of drug-likeness (QED) is 0.261. The molecule has 0 bridgehead atoms. The van der Waals surface area contributed by atoms with Crippen LogP contribution in [0.2, 0.25) is 0 Å². The molecule has 6 nitrogen and oxygen atoms in total. The molecule has 0 spiro atoms. The van der Waals surface area contributed by atoms with Gasteiger partial charge in [0.25, 0.3) is 0 Å². The fourth-order valence-electron chi connectivity index (χ4n) is 4.08. The van der Waals surface area contributed by atoms with E-state index >= 15 is 0 Å². The van der Waals surface area contributed by atoms with Crippen LogP contribution in [0.25, 0.3) is 37.9 Å². The molecule has 5 aromatic rings. The SMILES string of the molecule is COc1ccc(-c2coc3cc(OC)c(/C(C)=C/C(=O)Nc4nc5c(C)cccc5s4)cc23)cc1. The summed E-state index contributed by atoms with van der Waals surface area (Å²) in [6.45, 7) is 3.90. The molecule has 2 aromatic heterocycles. The van der Waals surface area contributed by atoms with Gasteiger partial charge in [0.15, 0.2) is 5.13 Å². The van der Waals surface area contributed by atoms with Crippen molar-refractivity contribution < 1.29 is 18.7 Å². The van der Waals surface area contributed by atoms with E-state index in [0.29, 0.717) is 16.5 Å². The first-order chi connectivity index (χ1) is 17.0. The number of aryl methyl sites for hydroxylation is 1. The highest BCUT2D eigenvalue weighted by Crippen LogP contribution is 2.38. The molecular formula is C28H24N2O4S. The number of hydrogen-bond donors (Lipinski definition) is 1. The van der Waals surface area contributed by atoms with Gasteiger partial charge >= 0.3 is 0 Å². The number of thiazole rings is 1. The lowest BCUT2D eigenvalue weighted by Crippen LogP contribution is -2.08. The molecule has 1 amide bonds. The molecule has 35 heavy (non-hydrogen) atoms. The Kier molecular flexibility index (Phi) is 6.01. The van der Waals surface area contributed by atoms with Crippen molar-refractivity contribution in [1.82, 2.24) is 4.98 Å². The average molecular weight is 485 g/mol. The normalized spacial score (nSPS) is 11.7. The maximum Gasteiger partial charge on any atom is 0.250 e. The summed E-state index contributed by atoms with van der Waals surface area (Å²) in [6.07, 6.45) is 3.30. The van der Waals surface area contributed by atoms with Crippen molar-refractivity contribution in [1.29, 1.82) is 0 Å². The summed E-state index contributed by atoms with van der Waals surface area (Å²) in [7, 11) is 3.25. The van der Waals surface area contributed by atoms with Crippen LogP contribution in [0, 0.1) is 6.92 Å². The fourth-order valence-corrected chi connectivity index (χ4v) is 5.03. The lowest BCUT2D eigenvalue weighted by molar-refractivity contribution is -0.111. The van der Waals surface area contributed by atoms with Crippen LogP contribution in [0.3, 0.4) is 0 Å². The molecule has 0 aliphatic carbocycles. The number of para-hydroxylation sites is 1. The van der Waals surface area contributed by atoms with Crippen molar-refractivity contribution in [3.8, 4) is 22.6 Å². The number of anilines is 1. The number of methoxy groups -OCH3 is 2. The summed E-state index contributed by atoms with van der Waals surface area (Å²) < 4.78 is 17.7. The van der Waals surface area contributed by atoms with Gasteiger partial charge in [-0.2, -0.15) is 0 Å². The van der Waals surface area contributed by atoms with E-state index in [2.05, 4.69) is 10.3 Å². The van der Waals surface area contributed by atoms with Crippen molar-refractivity contribution in [2.24, 2.45) is 0 Å². The molecule has 7 heteroatoms. The zero-order chi connectivity index (χ0) is 24.5. The number of aromatic nitrogens is 1. The highest BCUT2D eigenvalue weighted by atomic mass is 32.1. The topological polar surface area (TPSA) is 73.6 Å². The molecule has 0 unspecified atom stereocenters. The maximum atomic E-state index is 12.8. The first kappa shape index (κ1) is 22.7. The molecule has 0 aliphatic heterocycles. The van der Waals surface area contributed by atoms with E-state index in [9.17, 15) is 4.79 Å². The maximum absolute atomic E-state index is 12.8. The zero-order valence-electron chi connectivity index (χ0n) is 19.8. The summed E-state index contributed by atoms with van der Waals surface area (Å²) >= 11 is 1.46. The van der Waals surface area contributed by atoms with Gasteiger partial charge in [0, 0.05) is 28.7 Å². The Labute approximate surface area is 206 Å². The number of ether oxygens (including phenoxy) is 2. The standard InChI is InChI=1S/C28H24N2O4S/c1-16-6-5-7-25-27(16)30-28(35-25)29-26(31)12-17(2)20-13-21-22(15-34-24(21)14-23(20)33-4)18-8-10-19(32-3)11-9-18/h5-15H,1-4H3,(H,29,30,31)/b17-12+. The summed E-state index contributed by atoms with van der Waals surface area (Å²) in [6, 6.07) is 17.7. The van der Waals surface area contributed by atoms with E-state index in [0.717, 1.165) is 49.2 Å². The third kappa shape index (κ3) is 4.38. The number of rotatable bonds is 6. The summed E-state index contributed by atoms with van der Waals surface area (Å²) in [5, 5.41) is 4.40. The van der Waals surface area contributed by atoms with Crippen molar-refractivity contribution in [2.75, 3.05) is 19.5 Å². The van der Waals surface area contributed by atoms with Crippen LogP contribution in [0.1, 0.15) is 18.1 Å². The Hall–Kier alpha value is -4.10. The lowest BCUT2D eigenvalue weighted by atomic mass is 9.99. The Morgan fingerprint density at radius 3 is 2.60 bits per heavy atom. The summed E-state index contributed by atoms with van der Waals surface area (Å²) in [4.78, 5) is 17.4. The van der Waals surface area contributed by atoms with Crippen molar-refractivity contribution in [2.45, 2.75) is 13.8 Å². The van der Waals surface area contributed by atoms with Gasteiger partial charge in [-0.05, 0) is 54.8 Å². The van der Waals surface area contributed by atoms with Gasteiger partial charge in [0.2, 0.25) is 5.91 Å². The molecule has 3 aromatic carbocycles. The van der Waals surface area contributed by atoms with Crippen LogP contribution < -0.4 is 14.8 Å². The van der Waals surface area contributed by atoms with Crippen molar-refractivity contribution >= 4 is 49.1 Å². The second kappa shape index (κ2) is 9.27. The van der Waals surface area contributed by atoms with E-state index in [1.54, 1.807) is 26.6 Å². The van der Waals surface area contributed by atoms with Crippen LogP contribution in [-0.2, 0) is 4.79 Å². The molecular weight excluding hydrogens is 460 g/mol. The average Bonchev–Trinajstić information content (AvgIpc) is 3.47. The van der Waals surface area contributed by atoms with Crippen LogP contribution in [0.15, 0.2) is 71.4 Å². The first-order valence-electron chi connectivity index (χ1n) is 11.1. The molecule has 0 saturated carbocycles. The number of nitrogens with one attached hydrogen (secondary N) is 1. The van der Waals surface area contributed by atoms with Crippen LogP contribution in [-0.4, -0.2) is 25.1 Å². The van der Waals surface area contributed by atoms with E-state index in [1.165, 1.54) is 11.3 Å². The van der Waals surface area contributed by atoms with Gasteiger partial charge in [0.05, 0.1) is 30.7 Å². The number of hydrogen-bond acceptors (Lipinski definition) is 6. The van der Waals surface area contributed by atoms with Gasteiger partial charge in [-0.1, -0.05) is 35.6 Å². The van der Waals surface area contributed by atoms with Crippen LogP contribution >= 0.6 is 11.3 Å². The van der Waals surface area contributed by atoms with E-state index in [4.69, 9.17) is 13.9 Å². The van der Waals surface area contributed by atoms with E-state index in [1.807, 2.05) is 68.4 Å². The van der Waals surface area contributed by atoms with Gasteiger partial charge in [0.1, 0.15) is 17.1 Å². The number of fused-ring (bicyclic) bond motifs is 2. The molecule has 1 N–H and O–H groups in total.